The van der Waals surface area contributed by atoms with Crippen LogP contribution >= 0.6 is 0 Å². The number of benzene rings is 1. The number of rotatable bonds is 2. The summed E-state index contributed by atoms with van der Waals surface area (Å²) in [6, 6.07) is 6.21. The molecule has 0 unspecified atom stereocenters. The van der Waals surface area contributed by atoms with Crippen molar-refractivity contribution in [3.05, 3.63) is 35.4 Å². The van der Waals surface area contributed by atoms with Gasteiger partial charge in [0, 0.05) is 6.54 Å². The number of phenolic OH excluding ortho intramolecular Hbond substituents is 1. The molecular weight excluding hydrogens is 250 g/mol. The molecule has 1 aliphatic rings. The lowest BCUT2D eigenvalue weighted by Crippen LogP contribution is -2.37. The summed E-state index contributed by atoms with van der Waals surface area (Å²) < 4.78 is 0. The average molecular weight is 263 g/mol. The molecule has 0 bridgehead atoms. The van der Waals surface area contributed by atoms with E-state index in [1.54, 1.807) is 12.1 Å². The van der Waals surface area contributed by atoms with Crippen molar-refractivity contribution in [3.63, 3.8) is 0 Å². The van der Waals surface area contributed by atoms with E-state index < -0.39 is 12.1 Å². The van der Waals surface area contributed by atoms with Gasteiger partial charge in [-0.3, -0.25) is 0 Å². The van der Waals surface area contributed by atoms with Gasteiger partial charge >= 0.3 is 12.1 Å². The highest BCUT2D eigenvalue weighted by molar-refractivity contribution is 5.98. The largest absolute Gasteiger partial charge is 0.508 e. The van der Waals surface area contributed by atoms with E-state index in [1.165, 1.54) is 12.1 Å². The normalized spacial score (nSPS) is 15.5. The fourth-order valence-corrected chi connectivity index (χ4v) is 2.10. The number of aliphatic carboxylic acids is 1. The second kappa shape index (κ2) is 5.01. The average Bonchev–Trinajstić information content (AvgIpc) is 2.38. The highest BCUT2D eigenvalue weighted by Gasteiger charge is 2.26. The van der Waals surface area contributed by atoms with E-state index in [2.05, 4.69) is 0 Å². The summed E-state index contributed by atoms with van der Waals surface area (Å²) in [4.78, 5) is 23.2. The number of carboxylic acids is 1. The lowest BCUT2D eigenvalue weighted by Gasteiger charge is -2.27. The van der Waals surface area contributed by atoms with Crippen LogP contribution in [0.4, 0.5) is 4.79 Å². The zero-order chi connectivity index (χ0) is 14.0. The van der Waals surface area contributed by atoms with Crippen molar-refractivity contribution >= 4 is 17.6 Å². The minimum Gasteiger partial charge on any atom is -0.508 e. The third kappa shape index (κ3) is 2.67. The molecule has 6 nitrogen and oxygen atoms in total. The summed E-state index contributed by atoms with van der Waals surface area (Å²) in [6.45, 7) is 0.142. The van der Waals surface area contributed by atoms with E-state index in [0.717, 1.165) is 4.90 Å². The fourth-order valence-electron chi connectivity index (χ4n) is 2.10. The number of nitrogens with zero attached hydrogens (tertiary/aromatic N) is 1. The predicted molar refractivity (Wildman–Crippen MR) is 66.9 cm³/mol. The van der Waals surface area contributed by atoms with Gasteiger partial charge in [0.1, 0.15) is 5.75 Å². The molecule has 0 saturated carbocycles. The van der Waals surface area contributed by atoms with Crippen LogP contribution in [0.5, 0.6) is 5.75 Å². The first-order valence-electron chi connectivity index (χ1n) is 5.71. The van der Waals surface area contributed by atoms with Crippen LogP contribution in [0.25, 0.3) is 5.57 Å². The van der Waals surface area contributed by atoms with Gasteiger partial charge in [-0.2, -0.15) is 0 Å². The fraction of sp³-hybridized carbons (Fsp3) is 0.231. The second-order valence-corrected chi connectivity index (χ2v) is 4.26. The maximum Gasteiger partial charge on any atom is 0.407 e. The Morgan fingerprint density at radius 2 is 1.74 bits per heavy atom. The van der Waals surface area contributed by atoms with Crippen LogP contribution in [0.1, 0.15) is 12.0 Å². The second-order valence-electron chi connectivity index (χ2n) is 4.26. The van der Waals surface area contributed by atoms with Crippen LogP contribution in [0.2, 0.25) is 0 Å². The molecule has 6 heteroatoms. The van der Waals surface area contributed by atoms with Crippen LogP contribution in [-0.4, -0.2) is 45.4 Å². The standard InChI is InChI=1S/C13H13NO5/c15-9-3-1-8(2-4-9)10-5-6-14(13(18)19)7-11(10)12(16)17/h1-4,15H,5-7H2,(H,16,17)(H,18,19). The number of phenols is 1. The monoisotopic (exact) mass is 263 g/mol. The Morgan fingerprint density at radius 3 is 2.26 bits per heavy atom. The molecule has 1 aromatic carbocycles. The molecule has 0 saturated heterocycles. The summed E-state index contributed by atoms with van der Waals surface area (Å²) >= 11 is 0. The van der Waals surface area contributed by atoms with E-state index in [9.17, 15) is 19.8 Å². The van der Waals surface area contributed by atoms with Crippen molar-refractivity contribution in [3.8, 4) is 5.75 Å². The van der Waals surface area contributed by atoms with Gasteiger partial charge in [-0.1, -0.05) is 12.1 Å². The van der Waals surface area contributed by atoms with Crippen LogP contribution < -0.4 is 0 Å². The Morgan fingerprint density at radius 1 is 1.11 bits per heavy atom. The van der Waals surface area contributed by atoms with Crippen LogP contribution in [0, 0.1) is 0 Å². The Labute approximate surface area is 109 Å². The molecule has 0 radical (unpaired) electrons. The number of hydrogen-bond acceptors (Lipinski definition) is 3. The van der Waals surface area contributed by atoms with Crippen LogP contribution in [-0.2, 0) is 4.79 Å². The summed E-state index contributed by atoms with van der Waals surface area (Å²) in [5.41, 5.74) is 1.39. The third-order valence-electron chi connectivity index (χ3n) is 3.09. The van der Waals surface area contributed by atoms with Crippen molar-refractivity contribution in [2.24, 2.45) is 0 Å². The van der Waals surface area contributed by atoms with Gasteiger partial charge in [0.25, 0.3) is 0 Å². The number of hydrogen-bond donors (Lipinski definition) is 3. The molecule has 19 heavy (non-hydrogen) atoms. The maximum atomic E-state index is 11.2. The molecule has 3 N–H and O–H groups in total. The van der Waals surface area contributed by atoms with E-state index in [1.807, 2.05) is 0 Å². The minimum absolute atomic E-state index is 0.0827. The van der Waals surface area contributed by atoms with E-state index in [4.69, 9.17) is 5.11 Å². The Hall–Kier alpha value is -2.50. The molecule has 100 valence electrons. The highest BCUT2D eigenvalue weighted by atomic mass is 16.4. The molecule has 0 aromatic heterocycles. The third-order valence-corrected chi connectivity index (χ3v) is 3.09. The van der Waals surface area contributed by atoms with E-state index in [0.29, 0.717) is 17.6 Å². The van der Waals surface area contributed by atoms with Gasteiger partial charge in [-0.05, 0) is 29.7 Å². The summed E-state index contributed by atoms with van der Waals surface area (Å²) in [5, 5.41) is 27.3. The molecular formula is C13H13NO5. The molecule has 1 heterocycles. The Bertz CT molecular complexity index is 547. The highest BCUT2D eigenvalue weighted by Crippen LogP contribution is 2.28. The van der Waals surface area contributed by atoms with Gasteiger partial charge < -0.3 is 20.2 Å². The van der Waals surface area contributed by atoms with Gasteiger partial charge in [0.2, 0.25) is 0 Å². The van der Waals surface area contributed by atoms with Crippen molar-refractivity contribution in [1.29, 1.82) is 0 Å². The van der Waals surface area contributed by atoms with Crippen molar-refractivity contribution < 1.29 is 24.9 Å². The first-order valence-corrected chi connectivity index (χ1v) is 5.71. The summed E-state index contributed by atoms with van der Waals surface area (Å²) in [7, 11) is 0. The molecule has 1 amide bonds. The quantitative estimate of drug-likeness (QED) is 0.753. The lowest BCUT2D eigenvalue weighted by molar-refractivity contribution is -0.132. The van der Waals surface area contributed by atoms with Crippen molar-refractivity contribution in [2.45, 2.75) is 6.42 Å². The predicted octanol–water partition coefficient (Wildman–Crippen LogP) is 1.61. The lowest BCUT2D eigenvalue weighted by atomic mass is 9.93. The zero-order valence-corrected chi connectivity index (χ0v) is 10.0. The van der Waals surface area contributed by atoms with Crippen molar-refractivity contribution in [1.82, 2.24) is 4.90 Å². The molecule has 0 spiro atoms. The van der Waals surface area contributed by atoms with Crippen LogP contribution in [0.3, 0.4) is 0 Å². The number of amides is 1. The van der Waals surface area contributed by atoms with Gasteiger partial charge in [-0.25, -0.2) is 9.59 Å². The van der Waals surface area contributed by atoms with Gasteiger partial charge in [0.15, 0.2) is 0 Å². The first kappa shape index (κ1) is 12.9. The SMILES string of the molecule is O=C(O)C1=C(c2ccc(O)cc2)CCN(C(=O)O)C1. The molecule has 2 rings (SSSR count). The topological polar surface area (TPSA) is 98.1 Å². The number of carbonyl (C=O) groups is 2. The molecule has 0 aliphatic carbocycles. The summed E-state index contributed by atoms with van der Waals surface area (Å²) in [6.07, 6.45) is -0.776. The maximum absolute atomic E-state index is 11.2. The smallest absolute Gasteiger partial charge is 0.407 e. The molecule has 0 atom stereocenters. The van der Waals surface area contributed by atoms with E-state index >= 15 is 0 Å². The van der Waals surface area contributed by atoms with Crippen LogP contribution in [0.15, 0.2) is 29.8 Å². The Balaban J connectivity index is 2.40. The molecule has 1 aliphatic heterocycles. The zero-order valence-electron chi connectivity index (χ0n) is 10.0. The van der Waals surface area contributed by atoms with Gasteiger partial charge in [-0.15, -0.1) is 0 Å². The number of carboxylic acid groups (broad SMARTS) is 2. The van der Waals surface area contributed by atoms with Gasteiger partial charge in [0.05, 0.1) is 12.1 Å². The molecule has 0 fully saturated rings. The minimum atomic E-state index is -1.12. The molecule has 1 aromatic rings. The first-order chi connectivity index (χ1) is 8.99. The number of aromatic hydroxyl groups is 1. The van der Waals surface area contributed by atoms with Crippen molar-refractivity contribution in [2.75, 3.05) is 13.1 Å². The summed E-state index contributed by atoms with van der Waals surface area (Å²) in [5.74, 6) is -1.02. The van der Waals surface area contributed by atoms with E-state index in [-0.39, 0.29) is 24.4 Å². The Kier molecular flexibility index (Phi) is 3.41.